The van der Waals surface area contributed by atoms with E-state index in [1.54, 1.807) is 28.9 Å². The predicted octanol–water partition coefficient (Wildman–Crippen LogP) is 4.60. The summed E-state index contributed by atoms with van der Waals surface area (Å²) in [4.78, 5) is 20.3. The van der Waals surface area contributed by atoms with Crippen molar-refractivity contribution in [2.75, 3.05) is 5.73 Å². The van der Waals surface area contributed by atoms with Gasteiger partial charge in [0.25, 0.3) is 5.91 Å². The largest absolute Gasteiger partial charge is 0.457 e. The Kier molecular flexibility index (Phi) is 7.15. The Labute approximate surface area is 213 Å². The van der Waals surface area contributed by atoms with Crippen LogP contribution in [-0.2, 0) is 11.3 Å². The first-order chi connectivity index (χ1) is 17.7. The average Bonchev–Trinajstić information content (AvgIpc) is 3.21. The van der Waals surface area contributed by atoms with E-state index in [1.165, 1.54) is 12.4 Å². The number of para-hydroxylation sites is 1. The molecule has 9 nitrogen and oxygen atoms in total. The van der Waals surface area contributed by atoms with Crippen molar-refractivity contribution in [2.45, 2.75) is 27.3 Å². The third-order valence-electron chi connectivity index (χ3n) is 5.98. The highest BCUT2D eigenvalue weighted by atomic mass is 19.1. The summed E-state index contributed by atoms with van der Waals surface area (Å²) in [6.07, 6.45) is 1.31. The zero-order chi connectivity index (χ0) is 26.7. The number of halogens is 1. The lowest BCUT2D eigenvalue weighted by molar-refractivity contribution is -0.114. The second-order valence-corrected chi connectivity index (χ2v) is 8.91. The Bertz CT molecular complexity index is 1540. The van der Waals surface area contributed by atoms with Crippen LogP contribution in [0.25, 0.3) is 22.3 Å². The molecule has 2 heterocycles. The van der Waals surface area contributed by atoms with E-state index in [1.807, 2.05) is 45.0 Å². The number of nitriles is 1. The van der Waals surface area contributed by atoms with E-state index in [4.69, 9.17) is 16.2 Å². The number of hydrogen-bond donors (Lipinski definition) is 2. The number of carbonyl (C=O) groups excluding carboxylic acids is 1. The number of hydrogen-bond acceptors (Lipinski definition) is 7. The lowest BCUT2D eigenvalue weighted by Crippen LogP contribution is -2.22. The fourth-order valence-electron chi connectivity index (χ4n) is 4.45. The van der Waals surface area contributed by atoms with Gasteiger partial charge in [-0.1, -0.05) is 39.0 Å². The molecular weight excluding hydrogens is 473 g/mol. The van der Waals surface area contributed by atoms with Crippen molar-refractivity contribution < 1.29 is 13.9 Å². The van der Waals surface area contributed by atoms with Crippen LogP contribution in [0.3, 0.4) is 0 Å². The van der Waals surface area contributed by atoms with Gasteiger partial charge in [0.1, 0.15) is 46.8 Å². The SMILES string of the molecule is CC(C)C(=C(C#N)C(N)=O)[C@H](C)Cn1nc(-c2ccc(Oc3ccccc3)cc2F)c2c(N)ncnc21. The van der Waals surface area contributed by atoms with Gasteiger partial charge in [-0.3, -0.25) is 4.79 Å². The number of benzene rings is 2. The molecule has 2 aromatic heterocycles. The second kappa shape index (κ2) is 10.5. The van der Waals surface area contributed by atoms with Gasteiger partial charge < -0.3 is 16.2 Å². The number of nitrogens with two attached hydrogens (primary N) is 2. The number of primary amides is 1. The van der Waals surface area contributed by atoms with E-state index < -0.39 is 11.7 Å². The van der Waals surface area contributed by atoms with Gasteiger partial charge in [0, 0.05) is 18.2 Å². The molecule has 0 aliphatic carbocycles. The molecule has 0 fully saturated rings. The van der Waals surface area contributed by atoms with Crippen molar-refractivity contribution in [3.05, 3.63) is 71.8 Å². The quantitative estimate of drug-likeness (QED) is 0.266. The molecule has 4 aromatic rings. The van der Waals surface area contributed by atoms with Crippen molar-refractivity contribution in [3.8, 4) is 28.8 Å². The van der Waals surface area contributed by atoms with Gasteiger partial charge in [0.05, 0.1) is 5.39 Å². The number of nitrogen functional groups attached to an aromatic ring is 1. The lowest BCUT2D eigenvalue weighted by Gasteiger charge is -2.20. The smallest absolute Gasteiger partial charge is 0.259 e. The van der Waals surface area contributed by atoms with Crippen LogP contribution in [0.2, 0.25) is 0 Å². The van der Waals surface area contributed by atoms with Crippen LogP contribution in [0.15, 0.2) is 66.0 Å². The second-order valence-electron chi connectivity index (χ2n) is 8.91. The van der Waals surface area contributed by atoms with Gasteiger partial charge in [-0.15, -0.1) is 0 Å². The third-order valence-corrected chi connectivity index (χ3v) is 5.98. The Hall–Kier alpha value is -4.78. The van der Waals surface area contributed by atoms with Crippen LogP contribution < -0.4 is 16.2 Å². The van der Waals surface area contributed by atoms with Crippen molar-refractivity contribution in [3.63, 3.8) is 0 Å². The van der Waals surface area contributed by atoms with Crippen molar-refractivity contribution >= 4 is 22.8 Å². The van der Waals surface area contributed by atoms with E-state index in [9.17, 15) is 10.1 Å². The Morgan fingerprint density at radius 1 is 1.14 bits per heavy atom. The van der Waals surface area contributed by atoms with E-state index in [0.717, 1.165) is 0 Å². The van der Waals surface area contributed by atoms with E-state index in [-0.39, 0.29) is 41.0 Å². The molecule has 4 N–H and O–H groups in total. The molecule has 0 saturated carbocycles. The van der Waals surface area contributed by atoms with Crippen LogP contribution in [0, 0.1) is 29.0 Å². The molecule has 0 aliphatic heterocycles. The Balaban J connectivity index is 1.77. The van der Waals surface area contributed by atoms with E-state index in [2.05, 4.69) is 15.1 Å². The standard InChI is InChI=1S/C27H26FN7O2/c1-15(2)22(20(12-29)26(31)36)16(3)13-35-27-23(25(30)32-14-33-27)24(34-35)19-10-9-18(11-21(19)28)37-17-7-5-4-6-8-17/h4-11,14-16H,13H2,1-3H3,(H2,31,36)(H2,30,32,33)/t16-/m1/s1. The molecule has 0 radical (unpaired) electrons. The summed E-state index contributed by atoms with van der Waals surface area (Å²) in [7, 11) is 0. The van der Waals surface area contributed by atoms with Crippen LogP contribution >= 0.6 is 0 Å². The highest BCUT2D eigenvalue weighted by Gasteiger charge is 2.25. The number of aromatic nitrogens is 4. The van der Waals surface area contributed by atoms with Crippen molar-refractivity contribution in [1.82, 2.24) is 19.7 Å². The summed E-state index contributed by atoms with van der Waals surface area (Å²) in [6, 6.07) is 15.5. The number of fused-ring (bicyclic) bond motifs is 1. The normalized spacial score (nSPS) is 12.8. The Morgan fingerprint density at radius 3 is 2.49 bits per heavy atom. The molecule has 1 amide bonds. The first kappa shape index (κ1) is 25.3. The summed E-state index contributed by atoms with van der Waals surface area (Å²) in [5.74, 6) is -0.699. The maximum absolute atomic E-state index is 15.3. The van der Waals surface area contributed by atoms with Crippen LogP contribution in [0.4, 0.5) is 10.2 Å². The molecule has 0 spiro atoms. The number of rotatable bonds is 8. The molecule has 0 aliphatic rings. The third kappa shape index (κ3) is 5.11. The van der Waals surface area contributed by atoms with Crippen LogP contribution in [-0.4, -0.2) is 25.7 Å². The molecule has 10 heteroatoms. The first-order valence-electron chi connectivity index (χ1n) is 11.6. The maximum atomic E-state index is 15.3. The molecule has 0 unspecified atom stereocenters. The van der Waals surface area contributed by atoms with Crippen molar-refractivity contribution in [2.24, 2.45) is 17.6 Å². The van der Waals surface area contributed by atoms with Gasteiger partial charge in [-0.2, -0.15) is 10.4 Å². The predicted molar refractivity (Wildman–Crippen MR) is 137 cm³/mol. The topological polar surface area (TPSA) is 146 Å². The van der Waals surface area contributed by atoms with Gasteiger partial charge in [0.15, 0.2) is 5.65 Å². The molecule has 1 atom stereocenters. The van der Waals surface area contributed by atoms with Gasteiger partial charge in [-0.25, -0.2) is 19.0 Å². The summed E-state index contributed by atoms with van der Waals surface area (Å²) >= 11 is 0. The molecule has 4 rings (SSSR count). The molecule has 2 aromatic carbocycles. The average molecular weight is 500 g/mol. The summed E-state index contributed by atoms with van der Waals surface area (Å²) in [5, 5.41) is 14.6. The highest BCUT2D eigenvalue weighted by Crippen LogP contribution is 2.35. The Morgan fingerprint density at radius 2 is 1.86 bits per heavy atom. The fourth-order valence-corrected chi connectivity index (χ4v) is 4.45. The van der Waals surface area contributed by atoms with E-state index >= 15 is 4.39 Å². The number of ether oxygens (including phenoxy) is 1. The molecule has 188 valence electrons. The van der Waals surface area contributed by atoms with Crippen LogP contribution in [0.1, 0.15) is 20.8 Å². The fraction of sp³-hybridized carbons (Fsp3) is 0.222. The zero-order valence-corrected chi connectivity index (χ0v) is 20.6. The maximum Gasteiger partial charge on any atom is 0.259 e. The number of carbonyl (C=O) groups is 1. The molecular formula is C27H26FN7O2. The first-order valence-corrected chi connectivity index (χ1v) is 11.6. The summed E-state index contributed by atoms with van der Waals surface area (Å²) in [6.45, 7) is 5.88. The minimum absolute atomic E-state index is 0.0756. The number of allylic oxidation sites excluding steroid dienone is 1. The lowest BCUT2D eigenvalue weighted by atomic mass is 9.87. The minimum atomic E-state index is -0.782. The van der Waals surface area contributed by atoms with Crippen molar-refractivity contribution in [1.29, 1.82) is 5.26 Å². The number of amides is 1. The van der Waals surface area contributed by atoms with Crippen LogP contribution in [0.5, 0.6) is 11.5 Å². The highest BCUT2D eigenvalue weighted by molar-refractivity contribution is 5.98. The van der Waals surface area contributed by atoms with E-state index in [0.29, 0.717) is 28.1 Å². The summed E-state index contributed by atoms with van der Waals surface area (Å²) in [5.41, 5.74) is 13.0. The molecule has 0 bridgehead atoms. The van der Waals surface area contributed by atoms with Gasteiger partial charge in [0.2, 0.25) is 0 Å². The van der Waals surface area contributed by atoms with Gasteiger partial charge >= 0.3 is 0 Å². The monoisotopic (exact) mass is 499 g/mol. The molecule has 37 heavy (non-hydrogen) atoms. The zero-order valence-electron chi connectivity index (χ0n) is 20.6. The summed E-state index contributed by atoms with van der Waals surface area (Å²) < 4.78 is 22.7. The van der Waals surface area contributed by atoms with Gasteiger partial charge in [-0.05, 0) is 41.7 Å². The number of nitrogens with zero attached hydrogens (tertiary/aromatic N) is 5. The number of anilines is 1. The molecule has 0 saturated heterocycles. The minimum Gasteiger partial charge on any atom is -0.457 e.